The number of para-hydroxylation sites is 1. The second kappa shape index (κ2) is 7.97. The first-order valence-corrected chi connectivity index (χ1v) is 11.1. The average Bonchev–Trinajstić information content (AvgIpc) is 3.28. The summed E-state index contributed by atoms with van der Waals surface area (Å²) in [5.41, 5.74) is 1.22. The zero-order valence-corrected chi connectivity index (χ0v) is 17.9. The number of nitrogens with one attached hydrogen (secondary N) is 1. The summed E-state index contributed by atoms with van der Waals surface area (Å²) in [4.78, 5) is 29.3. The van der Waals surface area contributed by atoms with Crippen LogP contribution >= 0.6 is 0 Å². The van der Waals surface area contributed by atoms with Crippen LogP contribution in [0.2, 0.25) is 0 Å². The van der Waals surface area contributed by atoms with Gasteiger partial charge < -0.3 is 14.3 Å². The van der Waals surface area contributed by atoms with Crippen LogP contribution in [0, 0.1) is 5.82 Å². The van der Waals surface area contributed by atoms with Crippen LogP contribution in [0.3, 0.4) is 0 Å². The van der Waals surface area contributed by atoms with E-state index in [2.05, 4.69) is 24.8 Å². The first-order valence-electron chi connectivity index (χ1n) is 11.1. The number of piperazine rings is 1. The summed E-state index contributed by atoms with van der Waals surface area (Å²) in [6, 6.07) is 14.2. The van der Waals surface area contributed by atoms with Gasteiger partial charge in [0.2, 0.25) is 0 Å². The van der Waals surface area contributed by atoms with Gasteiger partial charge in [0, 0.05) is 56.1 Å². The number of H-pyrrole nitrogens is 1. The van der Waals surface area contributed by atoms with Crippen LogP contribution in [0.4, 0.5) is 10.2 Å². The molecular weight excluding hydrogens is 421 g/mol. The SMILES string of the molecule is O=c1oc2ccccc2c2[nH]c(CCN3CCN(c4nccc5ccc(F)cc45)CC3)nc12. The molecule has 1 N–H and O–H groups in total. The van der Waals surface area contributed by atoms with Crippen molar-refractivity contribution in [3.63, 3.8) is 0 Å². The Balaban J connectivity index is 1.15. The highest BCUT2D eigenvalue weighted by Gasteiger charge is 2.20. The van der Waals surface area contributed by atoms with Crippen LogP contribution in [0.1, 0.15) is 5.82 Å². The fourth-order valence-corrected chi connectivity index (χ4v) is 4.62. The Morgan fingerprint density at radius 3 is 2.76 bits per heavy atom. The lowest BCUT2D eigenvalue weighted by atomic mass is 10.1. The molecule has 166 valence electrons. The van der Waals surface area contributed by atoms with E-state index in [1.165, 1.54) is 6.07 Å². The fourth-order valence-electron chi connectivity index (χ4n) is 4.62. The molecule has 1 aliphatic heterocycles. The van der Waals surface area contributed by atoms with Crippen LogP contribution in [-0.4, -0.2) is 52.6 Å². The van der Waals surface area contributed by atoms with Gasteiger partial charge in [0.1, 0.15) is 23.0 Å². The number of benzene rings is 2. The molecule has 0 spiro atoms. The molecule has 0 saturated carbocycles. The number of anilines is 1. The minimum absolute atomic E-state index is 0.247. The quantitative estimate of drug-likeness (QED) is 0.427. The van der Waals surface area contributed by atoms with Crippen molar-refractivity contribution in [3.8, 4) is 0 Å². The van der Waals surface area contributed by atoms with E-state index in [9.17, 15) is 9.18 Å². The van der Waals surface area contributed by atoms with Crippen molar-refractivity contribution in [1.82, 2.24) is 19.9 Å². The number of fused-ring (bicyclic) bond motifs is 4. The van der Waals surface area contributed by atoms with Crippen molar-refractivity contribution in [1.29, 1.82) is 0 Å². The van der Waals surface area contributed by atoms with Gasteiger partial charge in [0.25, 0.3) is 0 Å². The molecule has 2 aromatic carbocycles. The summed E-state index contributed by atoms with van der Waals surface area (Å²) in [6.07, 6.45) is 2.49. The molecule has 1 fully saturated rings. The highest BCUT2D eigenvalue weighted by Crippen LogP contribution is 2.26. The maximum Gasteiger partial charge on any atom is 0.364 e. The number of rotatable bonds is 4. The van der Waals surface area contributed by atoms with E-state index in [1.54, 1.807) is 24.4 Å². The van der Waals surface area contributed by atoms with E-state index in [1.807, 2.05) is 24.3 Å². The first-order chi connectivity index (χ1) is 16.2. The standard InChI is InChI=1S/C25H22FN5O2/c26-17-6-5-16-7-9-27-24(19(16)15-17)31-13-11-30(12-14-31)10-8-21-28-22-18-3-1-2-4-20(18)33-25(32)23(22)29-21/h1-7,9,15H,8,10-14H2,(H,28,29). The van der Waals surface area contributed by atoms with Crippen molar-refractivity contribution in [2.24, 2.45) is 0 Å². The average molecular weight is 443 g/mol. The number of nitrogens with zero attached hydrogens (tertiary/aromatic N) is 4. The van der Waals surface area contributed by atoms with Crippen LogP contribution in [-0.2, 0) is 6.42 Å². The van der Waals surface area contributed by atoms with Crippen LogP contribution in [0.5, 0.6) is 0 Å². The molecule has 0 amide bonds. The summed E-state index contributed by atoms with van der Waals surface area (Å²) in [5.74, 6) is 1.37. The molecule has 7 nitrogen and oxygen atoms in total. The van der Waals surface area contributed by atoms with Gasteiger partial charge in [0.15, 0.2) is 5.52 Å². The summed E-state index contributed by atoms with van der Waals surface area (Å²) >= 11 is 0. The number of aromatic amines is 1. The van der Waals surface area contributed by atoms with Gasteiger partial charge >= 0.3 is 5.63 Å². The van der Waals surface area contributed by atoms with Gasteiger partial charge in [-0.05, 0) is 35.7 Å². The minimum atomic E-state index is -0.418. The maximum atomic E-state index is 13.8. The molecule has 0 radical (unpaired) electrons. The third-order valence-electron chi connectivity index (χ3n) is 6.35. The van der Waals surface area contributed by atoms with Crippen molar-refractivity contribution in [2.45, 2.75) is 6.42 Å². The zero-order chi connectivity index (χ0) is 22.4. The Morgan fingerprint density at radius 1 is 1.03 bits per heavy atom. The van der Waals surface area contributed by atoms with Gasteiger partial charge in [0.05, 0.1) is 5.52 Å². The highest BCUT2D eigenvalue weighted by molar-refractivity contribution is 6.00. The molecule has 33 heavy (non-hydrogen) atoms. The molecule has 1 aliphatic rings. The minimum Gasteiger partial charge on any atom is -0.421 e. The molecule has 0 bridgehead atoms. The molecule has 4 heterocycles. The van der Waals surface area contributed by atoms with Gasteiger partial charge in [-0.25, -0.2) is 19.2 Å². The van der Waals surface area contributed by atoms with Crippen molar-refractivity contribution < 1.29 is 8.81 Å². The largest absolute Gasteiger partial charge is 0.421 e. The number of hydrogen-bond donors (Lipinski definition) is 1. The van der Waals surface area contributed by atoms with E-state index in [0.29, 0.717) is 17.5 Å². The molecule has 0 aliphatic carbocycles. The van der Waals surface area contributed by atoms with E-state index < -0.39 is 5.63 Å². The summed E-state index contributed by atoms with van der Waals surface area (Å²) < 4.78 is 19.2. The Morgan fingerprint density at radius 2 is 1.88 bits per heavy atom. The number of imidazole rings is 1. The van der Waals surface area contributed by atoms with Gasteiger partial charge in [-0.15, -0.1) is 0 Å². The van der Waals surface area contributed by atoms with Crippen molar-refractivity contribution in [2.75, 3.05) is 37.6 Å². The van der Waals surface area contributed by atoms with E-state index in [-0.39, 0.29) is 5.82 Å². The molecule has 1 saturated heterocycles. The van der Waals surface area contributed by atoms with Crippen LogP contribution in [0.25, 0.3) is 32.8 Å². The van der Waals surface area contributed by atoms with Crippen molar-refractivity contribution >= 4 is 38.6 Å². The van der Waals surface area contributed by atoms with Gasteiger partial charge in [-0.2, -0.15) is 0 Å². The smallest absolute Gasteiger partial charge is 0.364 e. The number of hydrogen-bond acceptors (Lipinski definition) is 6. The third-order valence-corrected chi connectivity index (χ3v) is 6.35. The summed E-state index contributed by atoms with van der Waals surface area (Å²) in [7, 11) is 0. The Kier molecular flexibility index (Phi) is 4.80. The monoisotopic (exact) mass is 443 g/mol. The van der Waals surface area contributed by atoms with Crippen molar-refractivity contribution in [3.05, 3.63) is 76.8 Å². The number of halogens is 1. The predicted octanol–water partition coefficient (Wildman–Crippen LogP) is 3.72. The summed E-state index contributed by atoms with van der Waals surface area (Å²) in [6.45, 7) is 4.21. The zero-order valence-electron chi connectivity index (χ0n) is 17.9. The number of pyridine rings is 1. The molecule has 0 unspecified atom stereocenters. The van der Waals surface area contributed by atoms with Gasteiger partial charge in [-0.1, -0.05) is 18.2 Å². The fraction of sp³-hybridized carbons (Fsp3) is 0.240. The number of aromatic nitrogens is 3. The first kappa shape index (κ1) is 19.9. The maximum absolute atomic E-state index is 13.8. The van der Waals surface area contributed by atoms with Gasteiger partial charge in [-0.3, -0.25) is 4.90 Å². The normalized spacial score (nSPS) is 15.1. The third kappa shape index (κ3) is 3.62. The lowest BCUT2D eigenvalue weighted by Crippen LogP contribution is -2.47. The van der Waals surface area contributed by atoms with E-state index in [4.69, 9.17) is 4.42 Å². The highest BCUT2D eigenvalue weighted by atomic mass is 19.1. The van der Waals surface area contributed by atoms with Crippen LogP contribution in [0.15, 0.2) is 63.9 Å². The Labute approximate surface area is 188 Å². The molecule has 0 atom stereocenters. The Hall–Kier alpha value is -3.78. The second-order valence-electron chi connectivity index (χ2n) is 8.37. The second-order valence-corrected chi connectivity index (χ2v) is 8.37. The molecule has 3 aromatic heterocycles. The lowest BCUT2D eigenvalue weighted by Gasteiger charge is -2.35. The van der Waals surface area contributed by atoms with E-state index in [0.717, 1.165) is 66.0 Å². The molecular formula is C25H22FN5O2. The Bertz CT molecular complexity index is 1540. The molecule has 8 heteroatoms. The lowest BCUT2D eigenvalue weighted by molar-refractivity contribution is 0.259. The summed E-state index contributed by atoms with van der Waals surface area (Å²) in [5, 5.41) is 2.70. The van der Waals surface area contributed by atoms with Crippen LogP contribution < -0.4 is 10.5 Å². The topological polar surface area (TPSA) is 78.3 Å². The molecule has 5 aromatic rings. The molecule has 6 rings (SSSR count). The predicted molar refractivity (Wildman–Crippen MR) is 126 cm³/mol. The van der Waals surface area contributed by atoms with E-state index >= 15 is 0 Å².